The second-order valence-corrected chi connectivity index (χ2v) is 6.90. The molecule has 144 valence electrons. The van der Waals surface area contributed by atoms with Crippen LogP contribution in [0.15, 0.2) is 66.7 Å². The molecule has 0 aliphatic rings. The number of nitro groups is 1. The van der Waals surface area contributed by atoms with Crippen molar-refractivity contribution in [3.63, 3.8) is 0 Å². The van der Waals surface area contributed by atoms with Gasteiger partial charge in [-0.15, -0.1) is 0 Å². The molecule has 0 atom stereocenters. The van der Waals surface area contributed by atoms with Crippen LogP contribution in [-0.4, -0.2) is 4.92 Å². The lowest BCUT2D eigenvalue weighted by Crippen LogP contribution is -1.96. The number of ether oxygens (including phenoxy) is 1. The van der Waals surface area contributed by atoms with Gasteiger partial charge in [-0.05, 0) is 59.2 Å². The van der Waals surface area contributed by atoms with Crippen LogP contribution >= 0.6 is 23.2 Å². The van der Waals surface area contributed by atoms with E-state index in [2.05, 4.69) is 6.07 Å². The molecule has 0 spiro atoms. The van der Waals surface area contributed by atoms with Gasteiger partial charge in [0.25, 0.3) is 5.69 Å². The van der Waals surface area contributed by atoms with Crippen molar-refractivity contribution in [2.75, 3.05) is 0 Å². The van der Waals surface area contributed by atoms with Crippen molar-refractivity contribution >= 4 is 40.5 Å². The third-order valence-corrected chi connectivity index (χ3v) is 4.81. The number of nitriles is 1. The molecule has 29 heavy (non-hydrogen) atoms. The maximum absolute atomic E-state index is 10.7. The Labute approximate surface area is 177 Å². The highest BCUT2D eigenvalue weighted by atomic mass is 35.5. The molecule has 0 saturated carbocycles. The van der Waals surface area contributed by atoms with Gasteiger partial charge in [0.15, 0.2) is 0 Å². The zero-order valence-electron chi connectivity index (χ0n) is 15.0. The number of nitro benzene ring substituents is 1. The third kappa shape index (κ3) is 5.35. The highest BCUT2D eigenvalue weighted by molar-refractivity contribution is 6.42. The summed E-state index contributed by atoms with van der Waals surface area (Å²) in [6.07, 6.45) is 1.73. The molecule has 0 aliphatic heterocycles. The second-order valence-electron chi connectivity index (χ2n) is 6.08. The Morgan fingerprint density at radius 3 is 2.48 bits per heavy atom. The first-order valence-corrected chi connectivity index (χ1v) is 9.25. The molecule has 0 bridgehead atoms. The van der Waals surface area contributed by atoms with Crippen LogP contribution in [0, 0.1) is 21.4 Å². The summed E-state index contributed by atoms with van der Waals surface area (Å²) in [7, 11) is 0. The quantitative estimate of drug-likeness (QED) is 0.194. The summed E-state index contributed by atoms with van der Waals surface area (Å²) >= 11 is 12.0. The maximum atomic E-state index is 10.7. The number of nitrogens with zero attached hydrogens (tertiary/aromatic N) is 2. The van der Waals surface area contributed by atoms with Gasteiger partial charge in [-0.1, -0.05) is 41.4 Å². The van der Waals surface area contributed by atoms with Gasteiger partial charge in [0.05, 0.1) is 26.6 Å². The molecule has 0 saturated heterocycles. The Kier molecular flexibility index (Phi) is 6.50. The van der Waals surface area contributed by atoms with E-state index >= 15 is 0 Å². The molecule has 0 aliphatic carbocycles. The molecule has 3 aromatic carbocycles. The van der Waals surface area contributed by atoms with Crippen LogP contribution < -0.4 is 4.74 Å². The second kappa shape index (κ2) is 9.24. The zero-order chi connectivity index (χ0) is 20.8. The normalized spacial score (nSPS) is 11.0. The van der Waals surface area contributed by atoms with Gasteiger partial charge in [0.2, 0.25) is 0 Å². The van der Waals surface area contributed by atoms with Gasteiger partial charge in [-0.3, -0.25) is 10.1 Å². The summed E-state index contributed by atoms with van der Waals surface area (Å²) in [5.41, 5.74) is 2.74. The molecule has 0 fully saturated rings. The fourth-order valence-corrected chi connectivity index (χ4v) is 2.88. The van der Waals surface area contributed by atoms with Gasteiger partial charge < -0.3 is 4.74 Å². The molecule has 0 N–H and O–H groups in total. The van der Waals surface area contributed by atoms with E-state index in [1.807, 2.05) is 12.1 Å². The van der Waals surface area contributed by atoms with Gasteiger partial charge in [-0.25, -0.2) is 0 Å². The minimum atomic E-state index is -0.443. The van der Waals surface area contributed by atoms with Gasteiger partial charge in [0.1, 0.15) is 12.4 Å². The van der Waals surface area contributed by atoms with Crippen LogP contribution in [0.5, 0.6) is 5.75 Å². The van der Waals surface area contributed by atoms with E-state index in [-0.39, 0.29) is 12.3 Å². The van der Waals surface area contributed by atoms with Crippen LogP contribution in [0.4, 0.5) is 5.69 Å². The molecule has 7 heteroatoms. The van der Waals surface area contributed by atoms with Crippen LogP contribution in [0.1, 0.15) is 16.7 Å². The number of hydrogen-bond acceptors (Lipinski definition) is 4. The van der Waals surface area contributed by atoms with Gasteiger partial charge in [0, 0.05) is 12.1 Å². The highest BCUT2D eigenvalue weighted by Gasteiger charge is 2.07. The number of benzene rings is 3. The molecule has 0 heterocycles. The summed E-state index contributed by atoms with van der Waals surface area (Å²) in [5, 5.41) is 21.0. The Balaban J connectivity index is 1.76. The predicted octanol–water partition coefficient (Wildman–Crippen LogP) is 6.54. The van der Waals surface area contributed by atoms with E-state index in [0.717, 1.165) is 11.1 Å². The predicted molar refractivity (Wildman–Crippen MR) is 114 cm³/mol. The lowest BCUT2D eigenvalue weighted by atomic mass is 10.0. The van der Waals surface area contributed by atoms with Crippen molar-refractivity contribution in [2.45, 2.75) is 6.61 Å². The number of hydrogen-bond donors (Lipinski definition) is 0. The van der Waals surface area contributed by atoms with Gasteiger partial charge >= 0.3 is 0 Å². The smallest absolute Gasteiger partial charge is 0.269 e. The average molecular weight is 425 g/mol. The Morgan fingerprint density at radius 1 is 1.07 bits per heavy atom. The third-order valence-electron chi connectivity index (χ3n) is 4.07. The molecule has 0 radical (unpaired) electrons. The number of halogens is 2. The molecular formula is C22H14Cl2N2O3. The van der Waals surface area contributed by atoms with Crippen LogP contribution in [0.3, 0.4) is 0 Å². The van der Waals surface area contributed by atoms with E-state index < -0.39 is 4.92 Å². The molecule has 3 rings (SSSR count). The minimum absolute atomic E-state index is 0.0345. The van der Waals surface area contributed by atoms with Crippen molar-refractivity contribution in [1.82, 2.24) is 0 Å². The van der Waals surface area contributed by atoms with E-state index in [1.165, 1.54) is 12.1 Å². The maximum Gasteiger partial charge on any atom is 0.269 e. The lowest BCUT2D eigenvalue weighted by molar-refractivity contribution is -0.384. The Hall–Kier alpha value is -3.33. The van der Waals surface area contributed by atoms with Crippen molar-refractivity contribution in [2.24, 2.45) is 0 Å². The van der Waals surface area contributed by atoms with Crippen molar-refractivity contribution in [3.05, 3.63) is 104 Å². The molecule has 0 amide bonds. The van der Waals surface area contributed by atoms with Crippen LogP contribution in [0.2, 0.25) is 10.0 Å². The van der Waals surface area contributed by atoms with Gasteiger partial charge in [-0.2, -0.15) is 5.26 Å². The molecule has 5 nitrogen and oxygen atoms in total. The number of allylic oxidation sites excluding steroid dienone is 1. The largest absolute Gasteiger partial charge is 0.489 e. The highest BCUT2D eigenvalue weighted by Crippen LogP contribution is 2.27. The Bertz CT molecular complexity index is 1120. The first kappa shape index (κ1) is 20.4. The molecule has 0 aromatic heterocycles. The first-order chi connectivity index (χ1) is 14.0. The van der Waals surface area contributed by atoms with Crippen molar-refractivity contribution in [3.8, 4) is 11.8 Å². The van der Waals surface area contributed by atoms with E-state index in [1.54, 1.807) is 48.5 Å². The summed E-state index contributed by atoms with van der Waals surface area (Å²) in [5.74, 6) is 0.614. The summed E-state index contributed by atoms with van der Waals surface area (Å²) < 4.78 is 5.77. The van der Waals surface area contributed by atoms with Crippen molar-refractivity contribution < 1.29 is 9.66 Å². The monoisotopic (exact) mass is 424 g/mol. The molecule has 0 unspecified atom stereocenters. The molecular weight excluding hydrogens is 411 g/mol. The van der Waals surface area contributed by atoms with Crippen LogP contribution in [-0.2, 0) is 6.61 Å². The summed E-state index contributed by atoms with van der Waals surface area (Å²) in [6.45, 7) is 0.267. The van der Waals surface area contributed by atoms with E-state index in [9.17, 15) is 15.4 Å². The zero-order valence-corrected chi connectivity index (χ0v) is 16.5. The fraction of sp³-hybridized carbons (Fsp3) is 0.0455. The first-order valence-electron chi connectivity index (χ1n) is 8.49. The average Bonchev–Trinajstić information content (AvgIpc) is 2.73. The van der Waals surface area contributed by atoms with E-state index in [4.69, 9.17) is 27.9 Å². The Morgan fingerprint density at radius 2 is 1.83 bits per heavy atom. The lowest BCUT2D eigenvalue weighted by Gasteiger charge is -2.07. The SMILES string of the molecule is N#C/C(=C/c1cccc(OCc2ccc([N+](=O)[O-])cc2)c1)c1ccc(Cl)c(Cl)c1. The fourth-order valence-electron chi connectivity index (χ4n) is 2.59. The summed E-state index contributed by atoms with van der Waals surface area (Å²) in [6, 6.07) is 20.7. The number of non-ortho nitro benzene ring substituents is 1. The van der Waals surface area contributed by atoms with Crippen molar-refractivity contribution in [1.29, 1.82) is 5.26 Å². The summed E-state index contributed by atoms with van der Waals surface area (Å²) in [4.78, 5) is 10.3. The number of rotatable bonds is 6. The van der Waals surface area contributed by atoms with Crippen LogP contribution in [0.25, 0.3) is 11.6 Å². The molecule has 3 aromatic rings. The van der Waals surface area contributed by atoms with E-state index in [0.29, 0.717) is 26.9 Å². The topological polar surface area (TPSA) is 76.2 Å². The minimum Gasteiger partial charge on any atom is -0.489 e. The standard InChI is InChI=1S/C22H14Cl2N2O3/c23-21-9-6-17(12-22(21)24)18(13-25)10-16-2-1-3-20(11-16)29-14-15-4-7-19(8-5-15)26(27)28/h1-12H,14H2/b18-10-.